The summed E-state index contributed by atoms with van der Waals surface area (Å²) in [6, 6.07) is 0. The van der Waals surface area contributed by atoms with Crippen molar-refractivity contribution in [2.24, 2.45) is 0 Å². The minimum atomic E-state index is 0. The Morgan fingerprint density at radius 1 is 0.667 bits per heavy atom. The largest absolute Gasteiger partial charge is 3.00 e. The Labute approximate surface area is 110 Å². The third-order valence-electron chi connectivity index (χ3n) is 0. The van der Waals surface area contributed by atoms with Gasteiger partial charge in [0.1, 0.15) is 0 Å². The molecule has 0 atom stereocenters. The van der Waals surface area contributed by atoms with Crippen molar-refractivity contribution in [3.05, 3.63) is 0 Å². The van der Waals surface area contributed by atoms with Crippen molar-refractivity contribution in [1.29, 1.82) is 0 Å². The van der Waals surface area contributed by atoms with Gasteiger partial charge in [0.25, 0.3) is 0 Å². The topological polar surface area (TPSA) is 0 Å². The number of rotatable bonds is 0. The number of hydrogen-bond acceptors (Lipinski definition) is 0. The molecule has 3 radical (unpaired) electrons. The van der Waals surface area contributed by atoms with Crippen molar-refractivity contribution < 1.29 is 46.6 Å². The average molecular weight is 304 g/mol. The van der Waals surface area contributed by atoms with Gasteiger partial charge in [0.05, 0.1) is 0 Å². The van der Waals surface area contributed by atoms with Crippen LogP contribution in [0.25, 0.3) is 0 Å². The van der Waals surface area contributed by atoms with Crippen LogP contribution in [0.15, 0.2) is 0 Å². The van der Waals surface area contributed by atoms with Gasteiger partial charge in [0, 0.05) is 0 Å². The molecule has 0 saturated carbocycles. The first kappa shape index (κ1) is 57.5. The molecule has 35 valence electrons. The van der Waals surface area contributed by atoms with E-state index in [0.29, 0.717) is 0 Å². The molecule has 0 aliphatic rings. The first-order valence-electron chi connectivity index (χ1n) is 0. The van der Waals surface area contributed by atoms with Crippen LogP contribution in [0.5, 0.6) is 0 Å². The average Bonchev–Trinajstić information content (AvgIpc) is 0. The molecule has 0 spiro atoms. The van der Waals surface area contributed by atoms with Gasteiger partial charge >= 0.3 is 71.1 Å². The maximum atomic E-state index is 0. The van der Waals surface area contributed by atoms with E-state index in [1.54, 1.807) is 0 Å². The van der Waals surface area contributed by atoms with E-state index >= 15 is 0 Å². The Hall–Kier alpha value is 3.39. The van der Waals surface area contributed by atoms with E-state index in [0.717, 1.165) is 0 Å². The molecule has 0 amide bonds. The van der Waals surface area contributed by atoms with E-state index in [1.165, 1.54) is 0 Å². The molecule has 0 fully saturated rings. The summed E-state index contributed by atoms with van der Waals surface area (Å²) >= 11 is 0. The molecular weight excluding hydrogens is 304 g/mol. The van der Waals surface area contributed by atoms with Crippen LogP contribution in [0.1, 0.15) is 0 Å². The Morgan fingerprint density at radius 3 is 0.667 bits per heavy atom. The third-order valence-corrected chi connectivity index (χ3v) is 0. The van der Waals surface area contributed by atoms with Crippen LogP contribution in [0.3, 0.4) is 0 Å². The SMILES string of the molecule is [Cu+2].[Na+].[S-2].[S-2].[S-2].[Sb+3]. The summed E-state index contributed by atoms with van der Waals surface area (Å²) in [5.41, 5.74) is 0. The molecule has 6 heavy (non-hydrogen) atoms. The summed E-state index contributed by atoms with van der Waals surface area (Å²) in [6.45, 7) is 0. The van der Waals surface area contributed by atoms with Crippen molar-refractivity contribution in [2.75, 3.05) is 0 Å². The van der Waals surface area contributed by atoms with Gasteiger partial charge in [-0.3, -0.25) is 0 Å². The number of hydrogen-bond donors (Lipinski definition) is 0. The predicted molar refractivity (Wildman–Crippen MR) is 27.8 cm³/mol. The molecule has 0 aromatic heterocycles. The van der Waals surface area contributed by atoms with Crippen LogP contribution in [-0.4, -0.2) is 24.4 Å². The molecule has 0 aliphatic carbocycles. The summed E-state index contributed by atoms with van der Waals surface area (Å²) in [5.74, 6) is 0. The zero-order valence-corrected chi connectivity index (χ0v) is 10.9. The molecule has 6 heteroatoms. The van der Waals surface area contributed by atoms with Crippen LogP contribution >= 0.6 is 0 Å². The van der Waals surface area contributed by atoms with Crippen LogP contribution in [0, 0.1) is 0 Å². The first-order chi connectivity index (χ1) is 0. The minimum absolute atomic E-state index is 0. The Bertz CT molecular complexity index is 10.8. The van der Waals surface area contributed by atoms with Crippen molar-refractivity contribution in [2.45, 2.75) is 0 Å². The maximum absolute atomic E-state index is 0. The summed E-state index contributed by atoms with van der Waals surface area (Å²) in [4.78, 5) is 0. The molecule has 0 aromatic carbocycles. The maximum Gasteiger partial charge on any atom is 3.00 e. The molecule has 0 nitrogen and oxygen atoms in total. The second kappa shape index (κ2) is 39.9. The molecule has 0 aromatic rings. The first-order valence-corrected chi connectivity index (χ1v) is 0. The van der Waals surface area contributed by atoms with Crippen molar-refractivity contribution in [3.63, 3.8) is 0 Å². The van der Waals surface area contributed by atoms with Gasteiger partial charge in [-0.2, -0.15) is 0 Å². The monoisotopic (exact) mass is 303 g/mol. The van der Waals surface area contributed by atoms with E-state index < -0.39 is 0 Å². The fraction of sp³-hybridized carbons (Fsp3) is 0. The zero-order chi connectivity index (χ0) is 0. The molecule has 0 unspecified atom stereocenters. The Kier molecular flexibility index (Phi) is 383. The van der Waals surface area contributed by atoms with Gasteiger partial charge < -0.3 is 40.5 Å². The summed E-state index contributed by atoms with van der Waals surface area (Å²) in [5, 5.41) is 0. The molecule has 0 saturated heterocycles. The quantitative estimate of drug-likeness (QED) is 0.410. The zero-order valence-electron chi connectivity index (χ0n) is 2.97. The normalized spacial score (nSPS) is 0. The van der Waals surface area contributed by atoms with Crippen LogP contribution in [0.4, 0.5) is 0 Å². The van der Waals surface area contributed by atoms with Crippen molar-refractivity contribution in [3.8, 4) is 0 Å². The molecule has 0 heterocycles. The van der Waals surface area contributed by atoms with Gasteiger partial charge in [-0.25, -0.2) is 0 Å². The van der Waals surface area contributed by atoms with Crippen LogP contribution < -0.4 is 29.6 Å². The van der Waals surface area contributed by atoms with Crippen LogP contribution in [0.2, 0.25) is 0 Å². The second-order valence-electron chi connectivity index (χ2n) is 0. The molecule has 0 rings (SSSR count). The van der Waals surface area contributed by atoms with E-state index in [2.05, 4.69) is 0 Å². The molecule has 0 N–H and O–H groups in total. The Balaban J connectivity index is 0. The summed E-state index contributed by atoms with van der Waals surface area (Å²) in [6.07, 6.45) is 0. The van der Waals surface area contributed by atoms with Crippen LogP contribution in [-0.2, 0) is 57.6 Å². The van der Waals surface area contributed by atoms with E-state index in [4.69, 9.17) is 0 Å². The fourth-order valence-corrected chi connectivity index (χ4v) is 0. The van der Waals surface area contributed by atoms with Crippen molar-refractivity contribution >= 4 is 64.9 Å². The minimum Gasteiger partial charge on any atom is -2.00 e. The van der Waals surface area contributed by atoms with E-state index in [9.17, 15) is 0 Å². The second-order valence-corrected chi connectivity index (χ2v) is 0. The van der Waals surface area contributed by atoms with Gasteiger partial charge in [0.15, 0.2) is 0 Å². The smallest absolute Gasteiger partial charge is 2.00 e. The van der Waals surface area contributed by atoms with Gasteiger partial charge in [-0.1, -0.05) is 0 Å². The van der Waals surface area contributed by atoms with E-state index in [-0.39, 0.29) is 112 Å². The Morgan fingerprint density at radius 2 is 0.667 bits per heavy atom. The third kappa shape index (κ3) is 26.3. The standard InChI is InChI=1S/Cu.Na.3S.Sb/q+2;+1;3*-2;+3. The summed E-state index contributed by atoms with van der Waals surface area (Å²) < 4.78 is 0. The van der Waals surface area contributed by atoms with Gasteiger partial charge in [0.2, 0.25) is 0 Å². The van der Waals surface area contributed by atoms with Gasteiger partial charge in [-0.15, -0.1) is 0 Å². The predicted octanol–water partition coefficient (Wildman–Crippen LogP) is -3.39. The van der Waals surface area contributed by atoms with Crippen molar-refractivity contribution in [1.82, 2.24) is 0 Å². The summed E-state index contributed by atoms with van der Waals surface area (Å²) in [7, 11) is 0. The molecule has 0 aliphatic heterocycles. The van der Waals surface area contributed by atoms with E-state index in [1.807, 2.05) is 0 Å². The van der Waals surface area contributed by atoms with Gasteiger partial charge in [-0.05, 0) is 0 Å². The molecular formula is CuNaS3Sb. The fourth-order valence-electron chi connectivity index (χ4n) is 0. The molecule has 0 bridgehead atoms.